The second-order valence-corrected chi connectivity index (χ2v) is 5.10. The third kappa shape index (κ3) is 1.81. The molecule has 0 fully saturated rings. The predicted octanol–water partition coefficient (Wildman–Crippen LogP) is 3.74. The quantitative estimate of drug-likeness (QED) is 0.734. The van der Waals surface area contributed by atoms with Gasteiger partial charge in [-0.25, -0.2) is 4.98 Å². The van der Waals surface area contributed by atoms with Crippen LogP contribution >= 0.6 is 22.7 Å². The van der Waals surface area contributed by atoms with Gasteiger partial charge in [-0.3, -0.25) is 0 Å². The zero-order chi connectivity index (χ0) is 9.26. The van der Waals surface area contributed by atoms with Crippen molar-refractivity contribution in [1.29, 1.82) is 0 Å². The number of hydrogen-bond donors (Lipinski definition) is 0. The highest BCUT2D eigenvalue weighted by molar-refractivity contribution is 7.16. The Bertz CT molecular complexity index is 400. The van der Waals surface area contributed by atoms with Gasteiger partial charge < -0.3 is 0 Å². The van der Waals surface area contributed by atoms with Gasteiger partial charge in [0.05, 0.1) is 15.6 Å². The molecule has 0 aliphatic carbocycles. The number of thiophene rings is 1. The fraction of sp³-hybridized carbons (Fsp3) is 0.300. The average Bonchev–Trinajstić information content (AvgIpc) is 2.71. The van der Waals surface area contributed by atoms with Crippen molar-refractivity contribution in [3.8, 4) is 10.6 Å². The van der Waals surface area contributed by atoms with Crippen LogP contribution in [0.2, 0.25) is 0 Å². The van der Waals surface area contributed by atoms with Gasteiger partial charge in [-0.15, -0.1) is 22.7 Å². The summed E-state index contributed by atoms with van der Waals surface area (Å²) in [7, 11) is 0. The first kappa shape index (κ1) is 8.91. The Morgan fingerprint density at radius 3 is 2.77 bits per heavy atom. The van der Waals surface area contributed by atoms with Crippen LogP contribution in [-0.4, -0.2) is 4.98 Å². The first-order valence-electron chi connectivity index (χ1n) is 4.31. The number of nitrogens with zero attached hydrogens (tertiary/aromatic N) is 1. The van der Waals surface area contributed by atoms with E-state index in [4.69, 9.17) is 0 Å². The largest absolute Gasteiger partial charge is 0.241 e. The van der Waals surface area contributed by atoms with Crippen LogP contribution in [0.5, 0.6) is 0 Å². The van der Waals surface area contributed by atoms with Gasteiger partial charge in [0.1, 0.15) is 0 Å². The molecular weight excluding hydrogens is 198 g/mol. The molecule has 3 heteroatoms. The minimum absolute atomic E-state index is 1.12. The standard InChI is InChI=1S/C10H11NS2/c1-3-8-4-5-10(13-8)9-6-12-7(2)11-9/h4-6H,3H2,1-2H3. The smallest absolute Gasteiger partial charge is 0.0914 e. The predicted molar refractivity (Wildman–Crippen MR) is 59.5 cm³/mol. The highest BCUT2D eigenvalue weighted by Gasteiger charge is 2.04. The molecular formula is C10H11NS2. The van der Waals surface area contributed by atoms with E-state index in [-0.39, 0.29) is 0 Å². The number of thiazole rings is 1. The molecule has 2 aromatic rings. The Labute approximate surface area is 86.1 Å². The lowest BCUT2D eigenvalue weighted by molar-refractivity contribution is 1.19. The van der Waals surface area contributed by atoms with Gasteiger partial charge in [0.25, 0.3) is 0 Å². The minimum Gasteiger partial charge on any atom is -0.241 e. The maximum atomic E-state index is 4.46. The molecule has 2 rings (SSSR count). The van der Waals surface area contributed by atoms with E-state index in [0.29, 0.717) is 0 Å². The molecule has 13 heavy (non-hydrogen) atoms. The van der Waals surface area contributed by atoms with Gasteiger partial charge in [-0.05, 0) is 25.5 Å². The Morgan fingerprint density at radius 1 is 1.38 bits per heavy atom. The van der Waals surface area contributed by atoms with Crippen molar-refractivity contribution in [1.82, 2.24) is 4.98 Å². The summed E-state index contributed by atoms with van der Waals surface area (Å²) in [5.41, 5.74) is 1.13. The van der Waals surface area contributed by atoms with Crippen LogP contribution in [0.15, 0.2) is 17.5 Å². The van der Waals surface area contributed by atoms with Crippen molar-refractivity contribution < 1.29 is 0 Å². The van der Waals surface area contributed by atoms with Crippen molar-refractivity contribution in [2.24, 2.45) is 0 Å². The lowest BCUT2D eigenvalue weighted by atomic mass is 10.3. The zero-order valence-electron chi connectivity index (χ0n) is 7.70. The molecule has 0 spiro atoms. The van der Waals surface area contributed by atoms with Gasteiger partial charge in [0.15, 0.2) is 0 Å². The number of aromatic nitrogens is 1. The van der Waals surface area contributed by atoms with Crippen LogP contribution in [-0.2, 0) is 6.42 Å². The summed E-state index contributed by atoms with van der Waals surface area (Å²) < 4.78 is 0. The van der Waals surface area contributed by atoms with Gasteiger partial charge in [-0.1, -0.05) is 6.92 Å². The average molecular weight is 209 g/mol. The molecule has 0 radical (unpaired) electrons. The topological polar surface area (TPSA) is 12.9 Å². The van der Waals surface area contributed by atoms with E-state index >= 15 is 0 Å². The van der Waals surface area contributed by atoms with Crippen molar-refractivity contribution in [3.05, 3.63) is 27.4 Å². The first-order chi connectivity index (χ1) is 6.29. The molecule has 0 unspecified atom stereocenters. The third-order valence-corrected chi connectivity index (χ3v) is 3.91. The molecule has 0 aromatic carbocycles. The van der Waals surface area contributed by atoms with Crippen LogP contribution in [0, 0.1) is 6.92 Å². The van der Waals surface area contributed by atoms with E-state index in [1.807, 2.05) is 18.3 Å². The molecule has 1 nitrogen and oxygen atoms in total. The summed E-state index contributed by atoms with van der Waals surface area (Å²) >= 11 is 3.56. The highest BCUT2D eigenvalue weighted by atomic mass is 32.1. The van der Waals surface area contributed by atoms with Gasteiger partial charge in [0, 0.05) is 10.3 Å². The molecule has 2 aromatic heterocycles. The summed E-state index contributed by atoms with van der Waals surface area (Å²) in [6.45, 7) is 4.23. The summed E-state index contributed by atoms with van der Waals surface area (Å²) in [5, 5.41) is 3.27. The molecule has 0 aliphatic rings. The minimum atomic E-state index is 1.12. The van der Waals surface area contributed by atoms with Gasteiger partial charge in [0.2, 0.25) is 0 Å². The maximum absolute atomic E-state index is 4.46. The monoisotopic (exact) mass is 209 g/mol. The van der Waals surface area contributed by atoms with E-state index in [2.05, 4.69) is 29.4 Å². The number of aryl methyl sites for hydroxylation is 2. The lowest BCUT2D eigenvalue weighted by Gasteiger charge is -1.87. The number of hydrogen-bond acceptors (Lipinski definition) is 3. The lowest BCUT2D eigenvalue weighted by Crippen LogP contribution is -1.70. The van der Waals surface area contributed by atoms with E-state index in [1.54, 1.807) is 11.3 Å². The molecule has 0 atom stereocenters. The fourth-order valence-corrected chi connectivity index (χ4v) is 2.78. The fourth-order valence-electron chi connectivity index (χ4n) is 1.18. The Kier molecular flexibility index (Phi) is 2.47. The SMILES string of the molecule is CCc1ccc(-c2csc(C)n2)s1. The van der Waals surface area contributed by atoms with E-state index in [9.17, 15) is 0 Å². The van der Waals surface area contributed by atoms with Crippen LogP contribution in [0.25, 0.3) is 10.6 Å². The molecule has 0 saturated carbocycles. The Hall–Kier alpha value is -0.670. The van der Waals surface area contributed by atoms with Crippen molar-refractivity contribution >= 4 is 22.7 Å². The number of rotatable bonds is 2. The Morgan fingerprint density at radius 2 is 2.23 bits per heavy atom. The second kappa shape index (κ2) is 3.60. The van der Waals surface area contributed by atoms with Crippen LogP contribution < -0.4 is 0 Å². The Balaban J connectivity index is 2.35. The van der Waals surface area contributed by atoms with Gasteiger partial charge in [-0.2, -0.15) is 0 Å². The third-order valence-electron chi connectivity index (χ3n) is 1.88. The summed E-state index contributed by atoms with van der Waals surface area (Å²) in [4.78, 5) is 7.18. The summed E-state index contributed by atoms with van der Waals surface area (Å²) in [5.74, 6) is 0. The maximum Gasteiger partial charge on any atom is 0.0914 e. The van der Waals surface area contributed by atoms with Crippen LogP contribution in [0.3, 0.4) is 0 Å². The first-order valence-corrected chi connectivity index (χ1v) is 6.00. The molecule has 0 saturated heterocycles. The molecule has 0 amide bonds. The summed E-state index contributed by atoms with van der Waals surface area (Å²) in [6, 6.07) is 4.35. The molecule has 2 heterocycles. The second-order valence-electron chi connectivity index (χ2n) is 2.87. The van der Waals surface area contributed by atoms with E-state index in [1.165, 1.54) is 9.75 Å². The normalized spacial score (nSPS) is 10.6. The van der Waals surface area contributed by atoms with Crippen LogP contribution in [0.4, 0.5) is 0 Å². The molecule has 0 N–H and O–H groups in total. The van der Waals surface area contributed by atoms with E-state index < -0.39 is 0 Å². The molecule has 0 bridgehead atoms. The van der Waals surface area contributed by atoms with Crippen LogP contribution in [0.1, 0.15) is 16.8 Å². The van der Waals surface area contributed by atoms with Crippen molar-refractivity contribution in [3.63, 3.8) is 0 Å². The van der Waals surface area contributed by atoms with Crippen molar-refractivity contribution in [2.45, 2.75) is 20.3 Å². The molecule has 68 valence electrons. The van der Waals surface area contributed by atoms with Gasteiger partial charge >= 0.3 is 0 Å². The highest BCUT2D eigenvalue weighted by Crippen LogP contribution is 2.28. The summed E-state index contributed by atoms with van der Waals surface area (Å²) in [6.07, 6.45) is 1.12. The van der Waals surface area contributed by atoms with Crippen molar-refractivity contribution in [2.75, 3.05) is 0 Å². The zero-order valence-corrected chi connectivity index (χ0v) is 9.34. The van der Waals surface area contributed by atoms with E-state index in [0.717, 1.165) is 17.1 Å². The molecule has 0 aliphatic heterocycles.